The molecule has 0 aliphatic rings. The van der Waals surface area contributed by atoms with Gasteiger partial charge in [-0.05, 0) is 25.1 Å². The quantitative estimate of drug-likeness (QED) is 0.212. The molecular formula is C17H30IN3O5S. The maximum Gasteiger partial charge on any atom is 0.191 e. The number of nitrogens with one attached hydrogen (secondary N) is 2. The van der Waals surface area contributed by atoms with E-state index in [2.05, 4.69) is 15.6 Å². The number of sulfone groups is 1. The molecule has 0 fully saturated rings. The molecule has 10 heteroatoms. The van der Waals surface area contributed by atoms with Crippen LogP contribution in [0.2, 0.25) is 0 Å². The van der Waals surface area contributed by atoms with Gasteiger partial charge in [-0.25, -0.2) is 8.42 Å². The van der Waals surface area contributed by atoms with Gasteiger partial charge in [0.15, 0.2) is 5.96 Å². The second-order valence-electron chi connectivity index (χ2n) is 5.72. The van der Waals surface area contributed by atoms with Crippen LogP contribution in [-0.2, 0) is 14.6 Å². The van der Waals surface area contributed by atoms with E-state index in [1.165, 1.54) is 6.26 Å². The van der Waals surface area contributed by atoms with E-state index < -0.39 is 9.84 Å². The molecule has 0 saturated carbocycles. The molecule has 0 saturated heterocycles. The predicted octanol–water partition coefficient (Wildman–Crippen LogP) is 1.61. The molecule has 2 N–H and O–H groups in total. The maximum atomic E-state index is 11.0. The van der Waals surface area contributed by atoms with E-state index in [0.29, 0.717) is 19.1 Å². The summed E-state index contributed by atoms with van der Waals surface area (Å²) in [5, 5.41) is 6.40. The number of hydrogen-bond donors (Lipinski definition) is 2. The number of halogens is 1. The van der Waals surface area contributed by atoms with Crippen LogP contribution in [0.4, 0.5) is 0 Å². The molecule has 0 radical (unpaired) electrons. The number of hydrogen-bond acceptors (Lipinski definition) is 6. The summed E-state index contributed by atoms with van der Waals surface area (Å²) < 4.78 is 38.0. The van der Waals surface area contributed by atoms with Crippen LogP contribution < -0.4 is 20.1 Å². The molecular weight excluding hydrogens is 485 g/mol. The van der Waals surface area contributed by atoms with Crippen LogP contribution in [0.5, 0.6) is 11.5 Å². The average molecular weight is 515 g/mol. The van der Waals surface area contributed by atoms with Crippen molar-refractivity contribution < 1.29 is 22.6 Å². The van der Waals surface area contributed by atoms with E-state index in [1.807, 2.05) is 25.1 Å². The van der Waals surface area contributed by atoms with E-state index >= 15 is 0 Å². The zero-order valence-corrected chi connectivity index (χ0v) is 19.6. The summed E-state index contributed by atoms with van der Waals surface area (Å²) in [4.78, 5) is 4.18. The highest BCUT2D eigenvalue weighted by Crippen LogP contribution is 2.29. The van der Waals surface area contributed by atoms with Crippen LogP contribution in [0.3, 0.4) is 0 Å². The molecule has 1 atom stereocenters. The Morgan fingerprint density at radius 3 is 2.48 bits per heavy atom. The molecule has 0 aliphatic heterocycles. The lowest BCUT2D eigenvalue weighted by atomic mass is 10.1. The van der Waals surface area contributed by atoms with Gasteiger partial charge in [-0.3, -0.25) is 4.99 Å². The predicted molar refractivity (Wildman–Crippen MR) is 118 cm³/mol. The summed E-state index contributed by atoms with van der Waals surface area (Å²) in [6.45, 7) is 3.06. The van der Waals surface area contributed by atoms with Gasteiger partial charge in [-0.2, -0.15) is 0 Å². The van der Waals surface area contributed by atoms with Crippen LogP contribution in [0.15, 0.2) is 23.2 Å². The van der Waals surface area contributed by atoms with E-state index in [0.717, 1.165) is 17.1 Å². The Hall–Kier alpha value is -1.27. The van der Waals surface area contributed by atoms with E-state index in [-0.39, 0.29) is 42.4 Å². The Morgan fingerprint density at radius 1 is 1.22 bits per heavy atom. The number of ether oxygens (including phenoxy) is 3. The van der Waals surface area contributed by atoms with Crippen LogP contribution in [0.25, 0.3) is 0 Å². The van der Waals surface area contributed by atoms with Crippen molar-refractivity contribution in [1.82, 2.24) is 10.6 Å². The second kappa shape index (κ2) is 13.0. The number of aliphatic imine (C=N–C) groups is 1. The zero-order valence-electron chi connectivity index (χ0n) is 16.4. The zero-order chi connectivity index (χ0) is 19.6. The summed E-state index contributed by atoms with van der Waals surface area (Å²) >= 11 is 0. The van der Waals surface area contributed by atoms with Gasteiger partial charge in [-0.1, -0.05) is 0 Å². The van der Waals surface area contributed by atoms with E-state index in [4.69, 9.17) is 14.2 Å². The number of guanidine groups is 1. The van der Waals surface area contributed by atoms with Gasteiger partial charge in [0.1, 0.15) is 21.3 Å². The van der Waals surface area contributed by atoms with Gasteiger partial charge < -0.3 is 24.8 Å². The fourth-order valence-corrected chi connectivity index (χ4v) is 2.63. The number of nitrogens with zero attached hydrogens (tertiary/aromatic N) is 1. The largest absolute Gasteiger partial charge is 0.497 e. The van der Waals surface area contributed by atoms with Crippen LogP contribution in [-0.4, -0.2) is 67.4 Å². The summed E-state index contributed by atoms with van der Waals surface area (Å²) in [6, 6.07) is 5.55. The molecule has 156 valence electrons. The van der Waals surface area contributed by atoms with Crippen LogP contribution in [0.1, 0.15) is 18.5 Å². The Labute approximate surface area is 179 Å². The van der Waals surface area contributed by atoms with E-state index in [9.17, 15) is 8.42 Å². The van der Waals surface area contributed by atoms with Gasteiger partial charge >= 0.3 is 0 Å². The van der Waals surface area contributed by atoms with Crippen molar-refractivity contribution in [2.45, 2.75) is 13.0 Å². The molecule has 0 amide bonds. The van der Waals surface area contributed by atoms with Crippen molar-refractivity contribution >= 4 is 39.8 Å². The van der Waals surface area contributed by atoms with Gasteiger partial charge in [0.2, 0.25) is 0 Å². The molecule has 8 nitrogen and oxygen atoms in total. The first-order valence-corrected chi connectivity index (χ1v) is 10.3. The number of methoxy groups -OCH3 is 2. The van der Waals surface area contributed by atoms with Crippen LogP contribution >= 0.6 is 24.0 Å². The van der Waals surface area contributed by atoms with Crippen molar-refractivity contribution in [2.24, 2.45) is 4.99 Å². The van der Waals surface area contributed by atoms with Crippen molar-refractivity contribution in [3.8, 4) is 11.5 Å². The highest BCUT2D eigenvalue weighted by atomic mass is 127. The molecule has 0 aliphatic carbocycles. The maximum absolute atomic E-state index is 11.0. The normalized spacial score (nSPS) is 12.7. The Bertz CT molecular complexity index is 698. The summed E-state index contributed by atoms with van der Waals surface area (Å²) in [5.41, 5.74) is 0.944. The Kier molecular flexibility index (Phi) is 12.4. The molecule has 0 bridgehead atoms. The first-order chi connectivity index (χ1) is 12.3. The van der Waals surface area contributed by atoms with Crippen molar-refractivity contribution in [3.05, 3.63) is 23.8 Å². The fraction of sp³-hybridized carbons (Fsp3) is 0.588. The first-order valence-electron chi connectivity index (χ1n) is 8.25. The summed E-state index contributed by atoms with van der Waals surface area (Å²) in [5.74, 6) is 2.13. The van der Waals surface area contributed by atoms with Crippen LogP contribution in [0, 0.1) is 0 Å². The third-order valence-electron chi connectivity index (χ3n) is 3.62. The van der Waals surface area contributed by atoms with Gasteiger partial charge in [-0.15, -0.1) is 24.0 Å². The summed E-state index contributed by atoms with van der Waals surface area (Å²) in [7, 11) is 1.92. The Balaban J connectivity index is 0.00000676. The Morgan fingerprint density at radius 2 is 1.93 bits per heavy atom. The molecule has 0 heterocycles. The molecule has 27 heavy (non-hydrogen) atoms. The van der Waals surface area contributed by atoms with Gasteiger partial charge in [0, 0.05) is 25.4 Å². The van der Waals surface area contributed by atoms with Gasteiger partial charge in [0.05, 0.1) is 39.2 Å². The van der Waals surface area contributed by atoms with Crippen molar-refractivity contribution in [2.75, 3.05) is 53.0 Å². The van der Waals surface area contributed by atoms with Gasteiger partial charge in [0.25, 0.3) is 0 Å². The second-order valence-corrected chi connectivity index (χ2v) is 7.97. The minimum Gasteiger partial charge on any atom is -0.497 e. The third kappa shape index (κ3) is 10.0. The lowest BCUT2D eigenvalue weighted by molar-refractivity contribution is 0.154. The van der Waals surface area contributed by atoms with E-state index in [1.54, 1.807) is 21.3 Å². The SMILES string of the molecule is CN=C(NCCOCCS(C)(=O)=O)NC(C)c1cc(OC)ccc1OC.I. The molecule has 0 aromatic heterocycles. The number of benzene rings is 1. The topological polar surface area (TPSA) is 98.3 Å². The fourth-order valence-electron chi connectivity index (χ4n) is 2.21. The third-order valence-corrected chi connectivity index (χ3v) is 4.53. The minimum absolute atomic E-state index is 0. The monoisotopic (exact) mass is 515 g/mol. The highest BCUT2D eigenvalue weighted by molar-refractivity contribution is 14.0. The molecule has 1 aromatic rings. The molecule has 1 unspecified atom stereocenters. The smallest absolute Gasteiger partial charge is 0.191 e. The minimum atomic E-state index is -2.99. The molecule has 1 aromatic carbocycles. The first kappa shape index (κ1) is 25.7. The van der Waals surface area contributed by atoms with Crippen molar-refractivity contribution in [1.29, 1.82) is 0 Å². The number of rotatable bonds is 10. The highest BCUT2D eigenvalue weighted by Gasteiger charge is 2.14. The lowest BCUT2D eigenvalue weighted by Gasteiger charge is -2.20. The standard InChI is InChI=1S/C17H29N3O5S.HI/c1-13(15-12-14(23-3)6-7-16(15)24-4)20-17(18-2)19-8-9-25-10-11-26(5,21)22;/h6-7,12-13H,8-11H2,1-5H3,(H2,18,19,20);1H. The average Bonchev–Trinajstić information content (AvgIpc) is 2.61. The lowest BCUT2D eigenvalue weighted by Crippen LogP contribution is -2.40. The summed E-state index contributed by atoms with van der Waals surface area (Å²) in [6.07, 6.45) is 1.19. The molecule has 0 spiro atoms. The molecule has 1 rings (SSSR count). The van der Waals surface area contributed by atoms with Crippen molar-refractivity contribution in [3.63, 3.8) is 0 Å².